The molecule has 0 aliphatic carbocycles. The molecule has 3 aromatic rings. The number of rotatable bonds is 8. The van der Waals surface area contributed by atoms with Gasteiger partial charge in [-0.3, -0.25) is 4.72 Å². The number of benzene rings is 2. The molecule has 3 rings (SSSR count). The van der Waals surface area contributed by atoms with Gasteiger partial charge in [0.15, 0.2) is 0 Å². The molecule has 0 radical (unpaired) electrons. The number of nitrogens with zero attached hydrogens (tertiary/aromatic N) is 2. The molecule has 0 aliphatic rings. The highest BCUT2D eigenvalue weighted by Gasteiger charge is 2.14. The summed E-state index contributed by atoms with van der Waals surface area (Å²) in [5.41, 5.74) is 1.21. The van der Waals surface area contributed by atoms with Gasteiger partial charge in [-0.25, -0.2) is 8.42 Å². The van der Waals surface area contributed by atoms with Crippen molar-refractivity contribution < 1.29 is 23.0 Å². The minimum Gasteiger partial charge on any atom is -0.857 e. The lowest BCUT2D eigenvalue weighted by Gasteiger charge is -2.11. The minimum absolute atomic E-state index is 0.208. The molecule has 8 nitrogen and oxygen atoms in total. The first-order valence-electron chi connectivity index (χ1n) is 8.60. The maximum absolute atomic E-state index is 12.2. The van der Waals surface area contributed by atoms with E-state index in [0.717, 1.165) is 11.3 Å². The zero-order valence-corrected chi connectivity index (χ0v) is 17.7. The van der Waals surface area contributed by atoms with Gasteiger partial charge in [-0.15, -0.1) is 11.3 Å². The van der Waals surface area contributed by atoms with Gasteiger partial charge in [0.05, 0.1) is 20.4 Å². The molecule has 10 heteroatoms. The zero-order chi connectivity index (χ0) is 21.6. The van der Waals surface area contributed by atoms with Gasteiger partial charge in [0.2, 0.25) is 0 Å². The fourth-order valence-corrected chi connectivity index (χ4v) is 4.50. The van der Waals surface area contributed by atoms with Crippen LogP contribution >= 0.6 is 11.3 Å². The van der Waals surface area contributed by atoms with Crippen molar-refractivity contribution in [1.29, 1.82) is 0 Å². The fourth-order valence-electron chi connectivity index (χ4n) is 2.44. The van der Waals surface area contributed by atoms with Crippen LogP contribution in [-0.4, -0.2) is 34.7 Å². The molecule has 0 saturated carbocycles. The van der Waals surface area contributed by atoms with Gasteiger partial charge < -0.3 is 14.6 Å². The third-order valence-corrected chi connectivity index (χ3v) is 6.71. The number of hydrogen-bond acceptors (Lipinski definition) is 8. The average Bonchev–Trinajstić information content (AvgIpc) is 3.30. The summed E-state index contributed by atoms with van der Waals surface area (Å²) in [6, 6.07) is 14.3. The Hall–Kier alpha value is -3.37. The highest BCUT2D eigenvalue weighted by Crippen LogP contribution is 2.22. The summed E-state index contributed by atoms with van der Waals surface area (Å²) in [6.45, 7) is 0. The number of anilines is 1. The Morgan fingerprint density at radius 3 is 2.50 bits per heavy atom. The van der Waals surface area contributed by atoms with Crippen molar-refractivity contribution in [2.24, 2.45) is 10.2 Å². The second-order valence-electron chi connectivity index (χ2n) is 5.87. The van der Waals surface area contributed by atoms with E-state index in [1.807, 2.05) is 0 Å². The van der Waals surface area contributed by atoms with Crippen LogP contribution in [0.4, 0.5) is 5.69 Å². The van der Waals surface area contributed by atoms with E-state index in [1.54, 1.807) is 36.8 Å². The van der Waals surface area contributed by atoms with Crippen LogP contribution in [0.5, 0.6) is 11.5 Å². The van der Waals surface area contributed by atoms with Crippen molar-refractivity contribution in [2.75, 3.05) is 18.9 Å². The van der Waals surface area contributed by atoms with E-state index in [1.165, 1.54) is 43.7 Å². The molecule has 0 atom stereocenters. The van der Waals surface area contributed by atoms with Gasteiger partial charge in [-0.05, 0) is 47.3 Å². The molecule has 2 aromatic carbocycles. The van der Waals surface area contributed by atoms with Crippen molar-refractivity contribution in [3.8, 4) is 11.5 Å². The Morgan fingerprint density at radius 1 is 1.10 bits per heavy atom. The fraction of sp³-hybridized carbons (Fsp3) is 0.100. The van der Waals surface area contributed by atoms with E-state index >= 15 is 0 Å². The number of hydrogen-bond donors (Lipinski definition) is 1. The Bertz CT molecular complexity index is 1160. The molecule has 0 saturated heterocycles. The second-order valence-corrected chi connectivity index (χ2v) is 8.73. The van der Waals surface area contributed by atoms with Crippen LogP contribution in [0.25, 0.3) is 0 Å². The Balaban J connectivity index is 1.72. The number of nitrogens with one attached hydrogen (secondary N) is 1. The third kappa shape index (κ3) is 5.16. The van der Waals surface area contributed by atoms with Crippen LogP contribution in [-0.2, 0) is 10.0 Å². The smallest absolute Gasteiger partial charge is 0.271 e. The lowest BCUT2D eigenvalue weighted by molar-refractivity contribution is -0.213. The van der Waals surface area contributed by atoms with Crippen LogP contribution in [0, 0.1) is 0 Å². The van der Waals surface area contributed by atoms with Gasteiger partial charge >= 0.3 is 0 Å². The molecule has 1 N–H and O–H groups in total. The van der Waals surface area contributed by atoms with E-state index < -0.39 is 15.9 Å². The normalized spacial score (nSPS) is 12.1. The molecule has 30 heavy (non-hydrogen) atoms. The van der Waals surface area contributed by atoms with Crippen LogP contribution < -0.4 is 19.3 Å². The molecule has 1 aromatic heterocycles. The van der Waals surface area contributed by atoms with E-state index in [4.69, 9.17) is 9.47 Å². The molecule has 0 fully saturated rings. The number of methoxy groups -OCH3 is 2. The molecular formula is C20H18N3O5S2-. The largest absolute Gasteiger partial charge is 0.857 e. The summed E-state index contributed by atoms with van der Waals surface area (Å²) in [6.07, 6.45) is 1.39. The van der Waals surface area contributed by atoms with Crippen LogP contribution in [0.2, 0.25) is 0 Å². The van der Waals surface area contributed by atoms with Crippen LogP contribution in [0.3, 0.4) is 0 Å². The predicted molar refractivity (Wildman–Crippen MR) is 115 cm³/mol. The Kier molecular flexibility index (Phi) is 6.70. The first-order chi connectivity index (χ1) is 14.4. The zero-order valence-electron chi connectivity index (χ0n) is 16.1. The van der Waals surface area contributed by atoms with Crippen molar-refractivity contribution in [3.63, 3.8) is 0 Å². The van der Waals surface area contributed by atoms with Crippen molar-refractivity contribution in [3.05, 3.63) is 71.1 Å². The summed E-state index contributed by atoms with van der Waals surface area (Å²) in [7, 11) is -0.580. The topological polar surface area (TPSA) is 112 Å². The summed E-state index contributed by atoms with van der Waals surface area (Å²) < 4.78 is 37.5. The van der Waals surface area contributed by atoms with Gasteiger partial charge in [-0.2, -0.15) is 10.2 Å². The molecule has 1 heterocycles. The highest BCUT2D eigenvalue weighted by molar-refractivity contribution is 7.94. The average molecular weight is 445 g/mol. The van der Waals surface area contributed by atoms with Crippen LogP contribution in [0.1, 0.15) is 11.1 Å². The van der Waals surface area contributed by atoms with Gasteiger partial charge in [-0.1, -0.05) is 18.2 Å². The number of ether oxygens (including phenoxy) is 2. The SMILES string of the molecule is COc1ccc(OC)c(/C=N\N=C([O-])c2ccc(NS(=O)(=O)c3cccs3)cc2)c1. The van der Waals surface area contributed by atoms with Gasteiger partial charge in [0.25, 0.3) is 10.0 Å². The van der Waals surface area contributed by atoms with E-state index in [9.17, 15) is 13.5 Å². The third-order valence-electron chi connectivity index (χ3n) is 3.93. The van der Waals surface area contributed by atoms with E-state index in [0.29, 0.717) is 22.7 Å². The molecule has 0 unspecified atom stereocenters. The summed E-state index contributed by atoms with van der Waals surface area (Å²) in [4.78, 5) is 0. The number of thiophene rings is 1. The molecule has 0 spiro atoms. The van der Waals surface area contributed by atoms with Gasteiger partial charge in [0, 0.05) is 17.1 Å². The Labute approximate surface area is 178 Å². The maximum atomic E-state index is 12.2. The molecule has 0 amide bonds. The van der Waals surface area contributed by atoms with E-state index in [2.05, 4.69) is 14.9 Å². The lowest BCUT2D eigenvalue weighted by Crippen LogP contribution is -2.18. The first kappa shape index (κ1) is 21.3. The lowest BCUT2D eigenvalue weighted by atomic mass is 10.2. The molecule has 156 valence electrons. The summed E-state index contributed by atoms with van der Waals surface area (Å²) >= 11 is 1.12. The Morgan fingerprint density at radius 2 is 1.87 bits per heavy atom. The summed E-state index contributed by atoms with van der Waals surface area (Å²) in [5.74, 6) is 0.606. The van der Waals surface area contributed by atoms with Crippen molar-refractivity contribution >= 4 is 39.2 Å². The molecular weight excluding hydrogens is 426 g/mol. The maximum Gasteiger partial charge on any atom is 0.271 e. The summed E-state index contributed by atoms with van der Waals surface area (Å²) in [5, 5.41) is 21.4. The molecule has 0 aliphatic heterocycles. The second kappa shape index (κ2) is 9.42. The first-order valence-corrected chi connectivity index (χ1v) is 11.0. The van der Waals surface area contributed by atoms with E-state index in [-0.39, 0.29) is 9.77 Å². The van der Waals surface area contributed by atoms with Crippen molar-refractivity contribution in [2.45, 2.75) is 4.21 Å². The predicted octanol–water partition coefficient (Wildman–Crippen LogP) is 2.71. The number of sulfonamides is 1. The van der Waals surface area contributed by atoms with Gasteiger partial charge in [0.1, 0.15) is 15.7 Å². The minimum atomic E-state index is -3.65. The standard InChI is InChI=1S/C20H19N3O5S2/c1-27-17-9-10-18(28-2)15(12-17)13-21-22-20(24)14-5-7-16(8-6-14)23-30(25,26)19-4-3-11-29-19/h3-13,23H,1-2H3,(H,22,24)/p-1/b21-13-. The van der Waals surface area contributed by atoms with Crippen molar-refractivity contribution in [1.82, 2.24) is 0 Å². The van der Waals surface area contributed by atoms with Crippen LogP contribution in [0.15, 0.2) is 74.4 Å². The molecule has 0 bridgehead atoms. The quantitative estimate of drug-likeness (QED) is 0.326. The highest BCUT2D eigenvalue weighted by atomic mass is 32.2. The monoisotopic (exact) mass is 444 g/mol.